The molecule has 2 fully saturated rings. The first kappa shape index (κ1) is 15.0. The van der Waals surface area contributed by atoms with E-state index in [1.165, 1.54) is 0 Å². The van der Waals surface area contributed by atoms with Gasteiger partial charge < -0.3 is 24.1 Å². The highest BCUT2D eigenvalue weighted by Crippen LogP contribution is 2.58. The maximum atomic E-state index is 11.4. The minimum Gasteiger partial charge on any atom is -0.454 e. The summed E-state index contributed by atoms with van der Waals surface area (Å²) in [5.74, 6) is 0.383. The molecule has 6 nitrogen and oxygen atoms in total. The predicted molar refractivity (Wildman–Crippen MR) is 85.0 cm³/mol. The second-order valence-electron chi connectivity index (χ2n) is 7.47. The molecule has 0 aromatic heterocycles. The molecule has 3 aliphatic heterocycles. The molecule has 1 aromatic rings. The number of hydrogen-bond acceptors (Lipinski definition) is 6. The predicted octanol–water partition coefficient (Wildman–Crippen LogP) is 1.38. The van der Waals surface area contributed by atoms with Crippen LogP contribution in [0.4, 0.5) is 0 Å². The van der Waals surface area contributed by atoms with Gasteiger partial charge >= 0.3 is 0 Å². The number of aliphatic hydroxyl groups is 1. The largest absolute Gasteiger partial charge is 0.454 e. The summed E-state index contributed by atoms with van der Waals surface area (Å²) in [5.41, 5.74) is 1.82. The van der Waals surface area contributed by atoms with E-state index in [9.17, 15) is 5.11 Å². The Labute approximate surface area is 141 Å². The first-order valence-corrected chi connectivity index (χ1v) is 8.60. The van der Waals surface area contributed by atoms with E-state index < -0.39 is 11.2 Å². The summed E-state index contributed by atoms with van der Waals surface area (Å²) >= 11 is 0. The fourth-order valence-electron chi connectivity index (χ4n) is 5.35. The van der Waals surface area contributed by atoms with Crippen molar-refractivity contribution in [2.45, 2.75) is 49.2 Å². The van der Waals surface area contributed by atoms with E-state index in [4.69, 9.17) is 18.9 Å². The molecule has 1 aromatic carbocycles. The standard InChI is InChI=1S/C18H23NO5/c1-19-9-18(20)17(4-3-12(21-2)6-16(17)19)13-7-15-14(22-10-23-15)5-11(13)8-24-18/h5,7,12,16,20H,3-4,6,8-10H2,1-2H3/t12-,16+,17-,18+/m0/s1. The van der Waals surface area contributed by atoms with Gasteiger partial charge in [0, 0.05) is 13.2 Å². The number of ether oxygens (including phenoxy) is 4. The Morgan fingerprint density at radius 3 is 2.88 bits per heavy atom. The maximum Gasteiger partial charge on any atom is 0.231 e. The number of benzene rings is 1. The Morgan fingerprint density at radius 2 is 2.08 bits per heavy atom. The summed E-state index contributed by atoms with van der Waals surface area (Å²) in [6.45, 7) is 1.17. The van der Waals surface area contributed by atoms with Crippen LogP contribution in [0.25, 0.3) is 0 Å². The first-order valence-electron chi connectivity index (χ1n) is 8.60. The molecule has 1 saturated carbocycles. The Kier molecular flexibility index (Phi) is 3.02. The van der Waals surface area contributed by atoms with Gasteiger partial charge in [-0.05, 0) is 49.6 Å². The van der Waals surface area contributed by atoms with E-state index in [1.807, 2.05) is 6.07 Å². The van der Waals surface area contributed by atoms with Gasteiger partial charge in [-0.15, -0.1) is 0 Å². The molecular weight excluding hydrogens is 310 g/mol. The van der Waals surface area contributed by atoms with E-state index in [1.54, 1.807) is 7.11 Å². The Morgan fingerprint density at radius 1 is 1.29 bits per heavy atom. The molecule has 0 amide bonds. The molecule has 1 saturated heterocycles. The lowest BCUT2D eigenvalue weighted by atomic mass is 9.60. The molecule has 0 bridgehead atoms. The zero-order valence-electron chi connectivity index (χ0n) is 14.1. The van der Waals surface area contributed by atoms with Crippen LogP contribution in [-0.2, 0) is 21.5 Å². The van der Waals surface area contributed by atoms with Crippen molar-refractivity contribution in [2.75, 3.05) is 27.5 Å². The quantitative estimate of drug-likeness (QED) is 0.838. The Bertz CT molecular complexity index is 694. The number of hydrogen-bond donors (Lipinski definition) is 1. The van der Waals surface area contributed by atoms with E-state index in [2.05, 4.69) is 18.0 Å². The molecule has 1 spiro atoms. The average Bonchev–Trinajstić information content (AvgIpc) is 3.13. The highest BCUT2D eigenvalue weighted by atomic mass is 16.7. The average molecular weight is 333 g/mol. The monoisotopic (exact) mass is 333 g/mol. The molecule has 4 aliphatic rings. The molecule has 0 unspecified atom stereocenters. The van der Waals surface area contributed by atoms with E-state index in [0.29, 0.717) is 13.2 Å². The molecule has 0 radical (unpaired) electrons. The number of likely N-dealkylation sites (tertiary alicyclic amines) is 1. The summed E-state index contributed by atoms with van der Waals surface area (Å²) in [6.07, 6.45) is 2.88. The van der Waals surface area contributed by atoms with Crippen LogP contribution < -0.4 is 9.47 Å². The highest BCUT2D eigenvalue weighted by Gasteiger charge is 2.67. The highest BCUT2D eigenvalue weighted by molar-refractivity contribution is 5.54. The fraction of sp³-hybridized carbons (Fsp3) is 0.667. The lowest BCUT2D eigenvalue weighted by Crippen LogP contribution is -2.60. The molecular formula is C18H23NO5. The van der Waals surface area contributed by atoms with Crippen molar-refractivity contribution in [1.82, 2.24) is 4.90 Å². The van der Waals surface area contributed by atoms with Gasteiger partial charge in [0.15, 0.2) is 17.3 Å². The summed E-state index contributed by atoms with van der Waals surface area (Å²) in [5, 5.41) is 11.4. The van der Waals surface area contributed by atoms with Crippen LogP contribution in [0.3, 0.4) is 0 Å². The topological polar surface area (TPSA) is 60.4 Å². The smallest absolute Gasteiger partial charge is 0.231 e. The van der Waals surface area contributed by atoms with Crippen molar-refractivity contribution in [3.8, 4) is 11.5 Å². The molecule has 130 valence electrons. The number of β-amino-alcohol motifs (C(OH)–C–C–N with tert-alkyl or cyclic N) is 1. The second-order valence-corrected chi connectivity index (χ2v) is 7.47. The molecule has 24 heavy (non-hydrogen) atoms. The maximum absolute atomic E-state index is 11.4. The first-order chi connectivity index (χ1) is 11.6. The van der Waals surface area contributed by atoms with Crippen molar-refractivity contribution in [3.63, 3.8) is 0 Å². The van der Waals surface area contributed by atoms with Gasteiger partial charge in [0.1, 0.15) is 0 Å². The van der Waals surface area contributed by atoms with E-state index >= 15 is 0 Å². The van der Waals surface area contributed by atoms with Crippen molar-refractivity contribution in [2.24, 2.45) is 0 Å². The number of nitrogens with zero attached hydrogens (tertiary/aromatic N) is 1. The molecule has 1 N–H and O–H groups in total. The van der Waals surface area contributed by atoms with Crippen LogP contribution in [0.5, 0.6) is 11.5 Å². The van der Waals surface area contributed by atoms with Crippen molar-refractivity contribution >= 4 is 0 Å². The van der Waals surface area contributed by atoms with E-state index in [0.717, 1.165) is 41.9 Å². The zero-order valence-corrected chi connectivity index (χ0v) is 14.1. The second kappa shape index (κ2) is 4.85. The zero-order chi connectivity index (χ0) is 16.5. The Hall–Kier alpha value is -1.34. The summed E-state index contributed by atoms with van der Waals surface area (Å²) in [6, 6.07) is 4.27. The lowest BCUT2D eigenvalue weighted by Gasteiger charge is -2.52. The van der Waals surface area contributed by atoms with Crippen LogP contribution in [-0.4, -0.2) is 55.4 Å². The lowest BCUT2D eigenvalue weighted by molar-refractivity contribution is -0.251. The molecule has 3 heterocycles. The van der Waals surface area contributed by atoms with Gasteiger partial charge in [0.25, 0.3) is 0 Å². The van der Waals surface area contributed by atoms with Gasteiger partial charge in [-0.1, -0.05) is 0 Å². The van der Waals surface area contributed by atoms with Gasteiger partial charge in [0.2, 0.25) is 6.79 Å². The van der Waals surface area contributed by atoms with Crippen LogP contribution in [0.2, 0.25) is 0 Å². The SMILES string of the molecule is CO[C@H]1CC[C@@]23c4cc5c(cc4CO[C@]2(O)CN(C)[C@@H]3C1)OCO5. The van der Waals surface area contributed by atoms with Gasteiger partial charge in [0.05, 0.1) is 24.7 Å². The normalized spacial score (nSPS) is 40.1. The van der Waals surface area contributed by atoms with Gasteiger partial charge in [-0.25, -0.2) is 0 Å². The molecule has 6 heteroatoms. The van der Waals surface area contributed by atoms with Crippen LogP contribution in [0, 0.1) is 0 Å². The number of likely N-dealkylation sites (N-methyl/N-ethyl adjacent to an activating group) is 1. The van der Waals surface area contributed by atoms with Crippen molar-refractivity contribution in [3.05, 3.63) is 23.3 Å². The van der Waals surface area contributed by atoms with Gasteiger partial charge in [-0.3, -0.25) is 4.90 Å². The van der Waals surface area contributed by atoms with Crippen LogP contribution >= 0.6 is 0 Å². The summed E-state index contributed by atoms with van der Waals surface area (Å²) in [4.78, 5) is 2.23. The van der Waals surface area contributed by atoms with Crippen LogP contribution in [0.15, 0.2) is 12.1 Å². The third kappa shape index (κ3) is 1.69. The summed E-state index contributed by atoms with van der Waals surface area (Å²) < 4.78 is 22.8. The number of methoxy groups -OCH3 is 1. The number of fused-ring (bicyclic) bond motifs is 2. The molecule has 1 aliphatic carbocycles. The molecule has 4 atom stereocenters. The van der Waals surface area contributed by atoms with Crippen molar-refractivity contribution < 1.29 is 24.1 Å². The Balaban J connectivity index is 1.69. The summed E-state index contributed by atoms with van der Waals surface area (Å²) in [7, 11) is 3.84. The minimum absolute atomic E-state index is 0.181. The third-order valence-corrected chi connectivity index (χ3v) is 6.49. The number of rotatable bonds is 1. The van der Waals surface area contributed by atoms with Crippen LogP contribution in [0.1, 0.15) is 30.4 Å². The van der Waals surface area contributed by atoms with Gasteiger partial charge in [-0.2, -0.15) is 0 Å². The van der Waals surface area contributed by atoms with E-state index in [-0.39, 0.29) is 18.9 Å². The third-order valence-electron chi connectivity index (χ3n) is 6.49. The fourth-order valence-corrected chi connectivity index (χ4v) is 5.35. The van der Waals surface area contributed by atoms with Crippen molar-refractivity contribution in [1.29, 1.82) is 0 Å². The molecule has 5 rings (SSSR count). The minimum atomic E-state index is -1.16.